The minimum Gasteiger partial charge on any atom is -0.377 e. The lowest BCUT2D eigenvalue weighted by atomic mass is 9.90. The van der Waals surface area contributed by atoms with Gasteiger partial charge in [-0.05, 0) is 50.4 Å². The molecule has 1 heterocycles. The monoisotopic (exact) mass is 310 g/mol. The highest BCUT2D eigenvalue weighted by atomic mass is 35.5. The summed E-state index contributed by atoms with van der Waals surface area (Å²) in [5.41, 5.74) is 7.36. The summed E-state index contributed by atoms with van der Waals surface area (Å²) >= 11 is 5.97. The fourth-order valence-electron chi connectivity index (χ4n) is 3.12. The molecular formula is C17H27ClN2O. The van der Waals surface area contributed by atoms with Gasteiger partial charge in [-0.1, -0.05) is 30.7 Å². The lowest BCUT2D eigenvalue weighted by molar-refractivity contribution is 0.0309. The fourth-order valence-corrected chi connectivity index (χ4v) is 3.25. The van der Waals surface area contributed by atoms with Crippen LogP contribution >= 0.6 is 11.6 Å². The fraction of sp³-hybridized carbons (Fsp3) is 0.647. The number of ether oxygens (including phenoxy) is 1. The Bertz CT molecular complexity index is 431. The maximum Gasteiger partial charge on any atom is 0.0703 e. The first kappa shape index (κ1) is 16.8. The summed E-state index contributed by atoms with van der Waals surface area (Å²) < 4.78 is 5.79. The maximum absolute atomic E-state index is 6.13. The van der Waals surface area contributed by atoms with Crippen LogP contribution in [0.2, 0.25) is 5.02 Å². The van der Waals surface area contributed by atoms with Crippen molar-refractivity contribution >= 4 is 11.6 Å². The number of halogens is 1. The zero-order chi connectivity index (χ0) is 15.3. The molecule has 0 saturated carbocycles. The Balaban J connectivity index is 2.07. The summed E-state index contributed by atoms with van der Waals surface area (Å²) in [7, 11) is 0. The molecule has 2 unspecified atom stereocenters. The van der Waals surface area contributed by atoms with Gasteiger partial charge in [0.05, 0.1) is 6.10 Å². The minimum absolute atomic E-state index is 0.0471. The van der Waals surface area contributed by atoms with Crippen LogP contribution in [0.5, 0.6) is 0 Å². The van der Waals surface area contributed by atoms with E-state index in [1.54, 1.807) is 0 Å². The molecule has 0 radical (unpaired) electrons. The molecule has 4 heteroatoms. The van der Waals surface area contributed by atoms with Crippen LogP contribution in [0.1, 0.15) is 32.3 Å². The smallest absolute Gasteiger partial charge is 0.0703 e. The molecule has 1 aliphatic rings. The summed E-state index contributed by atoms with van der Waals surface area (Å²) in [5.74, 6) is 0. The number of hydrogen-bond donors (Lipinski definition) is 1. The second-order valence-electron chi connectivity index (χ2n) is 6.18. The van der Waals surface area contributed by atoms with E-state index in [9.17, 15) is 0 Å². The third-order valence-corrected chi connectivity index (χ3v) is 4.78. The van der Waals surface area contributed by atoms with Gasteiger partial charge in [0.1, 0.15) is 0 Å². The van der Waals surface area contributed by atoms with Gasteiger partial charge in [-0.25, -0.2) is 0 Å². The highest BCUT2D eigenvalue weighted by molar-refractivity contribution is 6.30. The molecule has 1 aromatic carbocycles. The van der Waals surface area contributed by atoms with Crippen LogP contribution in [0.4, 0.5) is 0 Å². The standard InChI is InChI=1S/C17H27ClN2O/c1-3-20(12-16-5-4-10-21-16)17(2,13-19)11-14-6-8-15(18)9-7-14/h6-9,16H,3-5,10-13,19H2,1-2H3. The van der Waals surface area contributed by atoms with E-state index >= 15 is 0 Å². The number of likely N-dealkylation sites (N-methyl/N-ethyl adjacent to an activating group) is 1. The number of benzene rings is 1. The molecule has 2 atom stereocenters. The maximum atomic E-state index is 6.13. The third-order valence-electron chi connectivity index (χ3n) is 4.53. The van der Waals surface area contributed by atoms with Gasteiger partial charge >= 0.3 is 0 Å². The van der Waals surface area contributed by atoms with Crippen molar-refractivity contribution in [3.8, 4) is 0 Å². The van der Waals surface area contributed by atoms with Gasteiger partial charge in [0.15, 0.2) is 0 Å². The normalized spacial score (nSPS) is 21.7. The zero-order valence-corrected chi connectivity index (χ0v) is 13.9. The van der Waals surface area contributed by atoms with Crippen molar-refractivity contribution in [1.29, 1.82) is 0 Å². The second kappa shape index (κ2) is 7.59. The number of rotatable bonds is 7. The summed E-state index contributed by atoms with van der Waals surface area (Å²) in [5, 5.41) is 0.778. The number of hydrogen-bond acceptors (Lipinski definition) is 3. The van der Waals surface area contributed by atoms with E-state index in [0.717, 1.165) is 37.6 Å². The Hall–Kier alpha value is -0.610. The van der Waals surface area contributed by atoms with Crippen LogP contribution in [0.25, 0.3) is 0 Å². The zero-order valence-electron chi connectivity index (χ0n) is 13.1. The van der Waals surface area contributed by atoms with E-state index in [1.807, 2.05) is 12.1 Å². The highest BCUT2D eigenvalue weighted by Crippen LogP contribution is 2.24. The lowest BCUT2D eigenvalue weighted by Crippen LogP contribution is -2.55. The lowest BCUT2D eigenvalue weighted by Gasteiger charge is -2.41. The van der Waals surface area contributed by atoms with Crippen LogP contribution in [0, 0.1) is 0 Å². The minimum atomic E-state index is -0.0471. The van der Waals surface area contributed by atoms with Crippen molar-refractivity contribution < 1.29 is 4.74 Å². The van der Waals surface area contributed by atoms with Gasteiger partial charge < -0.3 is 10.5 Å². The Labute approximate surface area is 133 Å². The second-order valence-corrected chi connectivity index (χ2v) is 6.61. The van der Waals surface area contributed by atoms with Crippen LogP contribution in [0.3, 0.4) is 0 Å². The van der Waals surface area contributed by atoms with Gasteiger partial charge in [0.2, 0.25) is 0 Å². The first-order chi connectivity index (χ1) is 10.1. The Morgan fingerprint density at radius 2 is 2.10 bits per heavy atom. The largest absolute Gasteiger partial charge is 0.377 e. The van der Waals surface area contributed by atoms with Crippen molar-refractivity contribution in [2.24, 2.45) is 5.73 Å². The Morgan fingerprint density at radius 1 is 1.38 bits per heavy atom. The first-order valence-electron chi connectivity index (χ1n) is 7.88. The van der Waals surface area contributed by atoms with Crippen molar-refractivity contribution in [2.45, 2.75) is 44.8 Å². The molecule has 0 aromatic heterocycles. The molecule has 0 aliphatic carbocycles. The molecular weight excluding hydrogens is 284 g/mol. The van der Waals surface area contributed by atoms with Crippen LogP contribution in [-0.2, 0) is 11.2 Å². The van der Waals surface area contributed by atoms with E-state index in [4.69, 9.17) is 22.1 Å². The molecule has 0 bridgehead atoms. The molecule has 3 nitrogen and oxygen atoms in total. The molecule has 1 fully saturated rings. The molecule has 2 N–H and O–H groups in total. The molecule has 1 aromatic rings. The number of nitrogens with zero attached hydrogens (tertiary/aromatic N) is 1. The van der Waals surface area contributed by atoms with Crippen molar-refractivity contribution in [3.05, 3.63) is 34.9 Å². The van der Waals surface area contributed by atoms with E-state index < -0.39 is 0 Å². The van der Waals surface area contributed by atoms with Gasteiger partial charge in [0, 0.05) is 30.3 Å². The molecule has 0 amide bonds. The van der Waals surface area contributed by atoms with Crippen molar-refractivity contribution in [2.75, 3.05) is 26.2 Å². The van der Waals surface area contributed by atoms with Crippen molar-refractivity contribution in [3.63, 3.8) is 0 Å². The summed E-state index contributed by atoms with van der Waals surface area (Å²) in [4.78, 5) is 2.47. The molecule has 2 rings (SSSR count). The van der Waals surface area contributed by atoms with Gasteiger partial charge in [0.25, 0.3) is 0 Å². The number of nitrogens with two attached hydrogens (primary N) is 1. The van der Waals surface area contributed by atoms with Crippen LogP contribution in [-0.4, -0.2) is 42.8 Å². The molecule has 118 valence electrons. The highest BCUT2D eigenvalue weighted by Gasteiger charge is 2.32. The van der Waals surface area contributed by atoms with Crippen LogP contribution in [0.15, 0.2) is 24.3 Å². The van der Waals surface area contributed by atoms with Crippen LogP contribution < -0.4 is 5.73 Å². The van der Waals surface area contributed by atoms with E-state index in [1.165, 1.54) is 12.0 Å². The van der Waals surface area contributed by atoms with E-state index in [-0.39, 0.29) is 5.54 Å². The van der Waals surface area contributed by atoms with E-state index in [0.29, 0.717) is 12.6 Å². The average molecular weight is 311 g/mol. The third kappa shape index (κ3) is 4.43. The average Bonchev–Trinajstić information content (AvgIpc) is 3.00. The topological polar surface area (TPSA) is 38.5 Å². The first-order valence-corrected chi connectivity index (χ1v) is 8.26. The van der Waals surface area contributed by atoms with E-state index in [2.05, 4.69) is 30.9 Å². The summed E-state index contributed by atoms with van der Waals surface area (Å²) in [6.45, 7) is 7.94. The molecule has 0 spiro atoms. The van der Waals surface area contributed by atoms with Gasteiger partial charge in [-0.2, -0.15) is 0 Å². The predicted octanol–water partition coefficient (Wildman–Crippen LogP) is 3.10. The summed E-state index contributed by atoms with van der Waals surface area (Å²) in [6.07, 6.45) is 3.64. The Kier molecular flexibility index (Phi) is 6.06. The summed E-state index contributed by atoms with van der Waals surface area (Å²) in [6, 6.07) is 8.08. The Morgan fingerprint density at radius 3 is 2.62 bits per heavy atom. The van der Waals surface area contributed by atoms with Gasteiger partial charge in [-0.3, -0.25) is 4.90 Å². The van der Waals surface area contributed by atoms with Gasteiger partial charge in [-0.15, -0.1) is 0 Å². The quantitative estimate of drug-likeness (QED) is 0.841. The predicted molar refractivity (Wildman–Crippen MR) is 88.8 cm³/mol. The SMILES string of the molecule is CCN(CC1CCCO1)C(C)(CN)Cc1ccc(Cl)cc1. The van der Waals surface area contributed by atoms with Crippen molar-refractivity contribution in [1.82, 2.24) is 4.90 Å². The molecule has 1 saturated heterocycles. The molecule has 1 aliphatic heterocycles. The molecule has 21 heavy (non-hydrogen) atoms.